The molecule has 24 heavy (non-hydrogen) atoms. The summed E-state index contributed by atoms with van der Waals surface area (Å²) in [5, 5.41) is 21.8. The zero-order valence-electron chi connectivity index (χ0n) is 13.5. The highest BCUT2D eigenvalue weighted by Crippen LogP contribution is 2.31. The molecule has 0 spiro atoms. The largest absolute Gasteiger partial charge is 0.396 e. The Morgan fingerprint density at radius 2 is 2.21 bits per heavy atom. The number of hydrogen-bond donors (Lipinski definition) is 3. The van der Waals surface area contributed by atoms with E-state index in [2.05, 4.69) is 20.4 Å². The molecule has 0 radical (unpaired) electrons. The zero-order chi connectivity index (χ0) is 16.5. The summed E-state index contributed by atoms with van der Waals surface area (Å²) in [5.41, 5.74) is 1.95. The molecule has 3 aromatic rings. The third-order valence-electron chi connectivity index (χ3n) is 4.40. The van der Waals surface area contributed by atoms with Crippen LogP contribution < -0.4 is 10.2 Å². The van der Waals surface area contributed by atoms with Crippen molar-refractivity contribution in [2.24, 2.45) is 5.92 Å². The molecule has 0 bridgehead atoms. The van der Waals surface area contributed by atoms with E-state index in [1.54, 1.807) is 11.3 Å². The lowest BCUT2D eigenvalue weighted by atomic mass is 9.98. The van der Waals surface area contributed by atoms with Crippen molar-refractivity contribution >= 4 is 39.1 Å². The predicted octanol–water partition coefficient (Wildman–Crippen LogP) is 2.68. The Morgan fingerprint density at radius 1 is 1.38 bits per heavy atom. The molecule has 4 rings (SSSR count). The standard InChI is InChI=1S/C16H20N6OS/c1-10-8-13(21-20-10)18-15-14-12(4-7-24-14)17-16(19-15)22-5-2-11(9-23)3-6-22/h4,7-8,11,23H,2-3,5-6,9H2,1H3,(H2,17,18,19,20,21). The number of rotatable bonds is 4. The number of fused-ring (bicyclic) bond motifs is 1. The van der Waals surface area contributed by atoms with Gasteiger partial charge in [-0.1, -0.05) is 0 Å². The molecule has 0 atom stereocenters. The summed E-state index contributed by atoms with van der Waals surface area (Å²) < 4.78 is 1.03. The molecule has 0 aromatic carbocycles. The molecule has 1 aliphatic rings. The lowest BCUT2D eigenvalue weighted by molar-refractivity contribution is 0.202. The normalized spacial score (nSPS) is 16.0. The Hall–Kier alpha value is -2.19. The fourth-order valence-electron chi connectivity index (χ4n) is 3.00. The summed E-state index contributed by atoms with van der Waals surface area (Å²) in [7, 11) is 0. The van der Waals surface area contributed by atoms with Gasteiger partial charge in [-0.2, -0.15) is 10.1 Å². The van der Waals surface area contributed by atoms with Gasteiger partial charge in [-0.3, -0.25) is 5.10 Å². The SMILES string of the molecule is Cc1cc(Nc2nc(N3CCC(CO)CC3)nc3ccsc23)n[nH]1. The average molecular weight is 344 g/mol. The Morgan fingerprint density at radius 3 is 2.92 bits per heavy atom. The maximum absolute atomic E-state index is 9.30. The van der Waals surface area contributed by atoms with Crippen molar-refractivity contribution in [3.05, 3.63) is 23.2 Å². The van der Waals surface area contributed by atoms with E-state index in [4.69, 9.17) is 9.97 Å². The molecule has 1 saturated heterocycles. The van der Waals surface area contributed by atoms with Gasteiger partial charge >= 0.3 is 0 Å². The van der Waals surface area contributed by atoms with Gasteiger partial charge in [0, 0.05) is 31.5 Å². The molecule has 0 saturated carbocycles. The van der Waals surface area contributed by atoms with Gasteiger partial charge < -0.3 is 15.3 Å². The van der Waals surface area contributed by atoms with Crippen LogP contribution in [0, 0.1) is 12.8 Å². The van der Waals surface area contributed by atoms with Crippen LogP contribution in [0.2, 0.25) is 0 Å². The molecule has 0 aliphatic carbocycles. The predicted molar refractivity (Wildman–Crippen MR) is 96.0 cm³/mol. The lowest BCUT2D eigenvalue weighted by Crippen LogP contribution is -2.35. The number of piperidine rings is 1. The number of aliphatic hydroxyl groups is 1. The fraction of sp³-hybridized carbons (Fsp3) is 0.438. The van der Waals surface area contributed by atoms with Crippen molar-refractivity contribution in [3.63, 3.8) is 0 Å². The summed E-state index contributed by atoms with van der Waals surface area (Å²) in [6, 6.07) is 3.97. The van der Waals surface area contributed by atoms with Crippen molar-refractivity contribution in [2.75, 3.05) is 29.9 Å². The quantitative estimate of drug-likeness (QED) is 0.674. The molecule has 0 amide bonds. The highest BCUT2D eigenvalue weighted by molar-refractivity contribution is 7.17. The van der Waals surface area contributed by atoms with Gasteiger partial charge in [0.05, 0.1) is 10.2 Å². The van der Waals surface area contributed by atoms with Crippen LogP contribution in [0.15, 0.2) is 17.5 Å². The molecule has 1 fully saturated rings. The monoisotopic (exact) mass is 344 g/mol. The van der Waals surface area contributed by atoms with E-state index in [9.17, 15) is 5.11 Å². The minimum absolute atomic E-state index is 0.267. The van der Waals surface area contributed by atoms with Crippen LogP contribution >= 0.6 is 11.3 Å². The van der Waals surface area contributed by atoms with Gasteiger partial charge in [0.25, 0.3) is 0 Å². The number of hydrogen-bond acceptors (Lipinski definition) is 7. The third kappa shape index (κ3) is 2.94. The van der Waals surface area contributed by atoms with Crippen molar-refractivity contribution < 1.29 is 5.11 Å². The van der Waals surface area contributed by atoms with E-state index in [0.29, 0.717) is 5.92 Å². The minimum atomic E-state index is 0.267. The highest BCUT2D eigenvalue weighted by Gasteiger charge is 2.22. The van der Waals surface area contributed by atoms with E-state index in [0.717, 1.165) is 59.4 Å². The summed E-state index contributed by atoms with van der Waals surface area (Å²) in [4.78, 5) is 11.7. The second-order valence-corrected chi connectivity index (χ2v) is 7.10. The topological polar surface area (TPSA) is 90.0 Å². The number of anilines is 3. The van der Waals surface area contributed by atoms with Crippen LogP contribution in [0.3, 0.4) is 0 Å². The maximum atomic E-state index is 9.30. The molecule has 7 nitrogen and oxygen atoms in total. The average Bonchev–Trinajstić information content (AvgIpc) is 3.24. The van der Waals surface area contributed by atoms with Gasteiger partial charge in [0.2, 0.25) is 5.95 Å². The highest BCUT2D eigenvalue weighted by atomic mass is 32.1. The van der Waals surface area contributed by atoms with E-state index in [1.807, 2.05) is 24.4 Å². The third-order valence-corrected chi connectivity index (χ3v) is 5.31. The van der Waals surface area contributed by atoms with Crippen molar-refractivity contribution in [3.8, 4) is 0 Å². The molecule has 126 valence electrons. The summed E-state index contributed by atoms with van der Waals surface area (Å²) >= 11 is 1.62. The van der Waals surface area contributed by atoms with Crippen LogP contribution in [0.25, 0.3) is 10.2 Å². The van der Waals surface area contributed by atoms with E-state index < -0.39 is 0 Å². The van der Waals surface area contributed by atoms with Crippen molar-refractivity contribution in [1.82, 2.24) is 20.2 Å². The first-order valence-corrected chi connectivity index (χ1v) is 9.01. The van der Waals surface area contributed by atoms with Crippen LogP contribution in [-0.2, 0) is 0 Å². The number of aliphatic hydroxyl groups excluding tert-OH is 1. The number of thiophene rings is 1. The summed E-state index contributed by atoms with van der Waals surface area (Å²) in [6.07, 6.45) is 1.95. The second kappa shape index (κ2) is 6.37. The van der Waals surface area contributed by atoms with Gasteiger partial charge in [-0.15, -0.1) is 11.3 Å². The second-order valence-electron chi connectivity index (χ2n) is 6.18. The molecular weight excluding hydrogens is 324 g/mol. The number of nitrogens with one attached hydrogen (secondary N) is 2. The molecule has 8 heteroatoms. The van der Waals surface area contributed by atoms with Crippen LogP contribution in [0.4, 0.5) is 17.6 Å². The molecule has 3 aromatic heterocycles. The zero-order valence-corrected chi connectivity index (χ0v) is 14.3. The number of aromatic nitrogens is 4. The van der Waals surface area contributed by atoms with E-state index in [1.165, 1.54) is 0 Å². The number of nitrogens with zero attached hydrogens (tertiary/aromatic N) is 4. The lowest BCUT2D eigenvalue weighted by Gasteiger charge is -2.31. The van der Waals surface area contributed by atoms with Crippen LogP contribution in [0.5, 0.6) is 0 Å². The van der Waals surface area contributed by atoms with Gasteiger partial charge in [-0.05, 0) is 37.1 Å². The smallest absolute Gasteiger partial charge is 0.227 e. The van der Waals surface area contributed by atoms with Crippen molar-refractivity contribution in [2.45, 2.75) is 19.8 Å². The Labute approximate surface area is 143 Å². The van der Waals surface area contributed by atoms with Gasteiger partial charge in [0.1, 0.15) is 0 Å². The summed E-state index contributed by atoms with van der Waals surface area (Å²) in [5.74, 6) is 2.69. The Bertz CT molecular complexity index is 836. The summed E-state index contributed by atoms with van der Waals surface area (Å²) in [6.45, 7) is 3.99. The minimum Gasteiger partial charge on any atom is -0.396 e. The van der Waals surface area contributed by atoms with Gasteiger partial charge in [-0.25, -0.2) is 4.98 Å². The maximum Gasteiger partial charge on any atom is 0.227 e. The molecule has 4 heterocycles. The van der Waals surface area contributed by atoms with Crippen LogP contribution in [0.1, 0.15) is 18.5 Å². The molecular formula is C16H20N6OS. The van der Waals surface area contributed by atoms with Gasteiger partial charge in [0.15, 0.2) is 11.6 Å². The number of aromatic amines is 1. The Balaban J connectivity index is 1.65. The number of aryl methyl sites for hydroxylation is 1. The van der Waals surface area contributed by atoms with E-state index >= 15 is 0 Å². The first-order chi connectivity index (χ1) is 11.7. The Kier molecular flexibility index (Phi) is 4.07. The molecule has 3 N–H and O–H groups in total. The number of H-pyrrole nitrogens is 1. The van der Waals surface area contributed by atoms with Crippen LogP contribution in [-0.4, -0.2) is 45.0 Å². The first kappa shape index (κ1) is 15.3. The first-order valence-electron chi connectivity index (χ1n) is 8.13. The van der Waals surface area contributed by atoms with E-state index in [-0.39, 0.29) is 6.61 Å². The van der Waals surface area contributed by atoms with Crippen molar-refractivity contribution in [1.29, 1.82) is 0 Å². The fourth-order valence-corrected chi connectivity index (χ4v) is 3.77. The molecule has 0 unspecified atom stereocenters. The molecule has 1 aliphatic heterocycles.